The molecular formula is C47H74O16. The monoisotopic (exact) mass is 894 g/mol. The molecule has 11 N–H and O–H groups in total. The van der Waals surface area contributed by atoms with Gasteiger partial charge in [-0.15, -0.1) is 0 Å². The van der Waals surface area contributed by atoms with E-state index in [1.165, 1.54) is 6.92 Å². The topological polar surface area (TPSA) is 277 Å². The van der Waals surface area contributed by atoms with Crippen molar-refractivity contribution in [1.82, 2.24) is 0 Å². The van der Waals surface area contributed by atoms with Gasteiger partial charge in [-0.25, -0.2) is 0 Å². The lowest BCUT2D eigenvalue weighted by molar-refractivity contribution is -0.316. The van der Waals surface area contributed by atoms with Crippen molar-refractivity contribution in [3.63, 3.8) is 0 Å². The summed E-state index contributed by atoms with van der Waals surface area (Å²) < 4.78 is 23.4. The number of rotatable bonds is 2. The lowest BCUT2D eigenvalue weighted by Gasteiger charge is -2.45. The van der Waals surface area contributed by atoms with Crippen LogP contribution in [-0.2, 0) is 23.7 Å². The second kappa shape index (κ2) is 26.9. The van der Waals surface area contributed by atoms with Crippen LogP contribution in [-0.4, -0.2) is 160 Å². The zero-order chi connectivity index (χ0) is 46.9. The minimum absolute atomic E-state index is 0.00852. The standard InChI is InChI=1S/C47H74O16/c1-28-18-16-14-12-10-8-6-7-9-11-13-15-17-19-36(62-46-45(58)44(57)43(56)32(5)61-46)25-40-30(3)39(53)27-47(59,63-40)26-35(50)23-38(52)37(51)21-20-33(48)22-34(49)24-41(54)60-31(4)29(2)42(28)55/h6-19,28-40,42-46,48-53,55-59H,20-27H2,1-5H3/t28-,29-,30+,31-,32+,33+,34+,35-,36-,37+,38+,39-,40-,42+,43?,44?,45-,46-,47+/m0/s1. The van der Waals surface area contributed by atoms with Crippen molar-refractivity contribution in [2.24, 2.45) is 17.8 Å². The number of ether oxygens (including phenoxy) is 4. The summed E-state index contributed by atoms with van der Waals surface area (Å²) in [5.74, 6) is -4.02. The first-order chi connectivity index (χ1) is 29.7. The van der Waals surface area contributed by atoms with E-state index in [2.05, 4.69) is 0 Å². The number of carbonyl (C=O) groups excluding carboxylic acids is 1. The van der Waals surface area contributed by atoms with Crippen molar-refractivity contribution in [2.45, 2.75) is 184 Å². The normalized spacial score (nSPS) is 43.1. The molecule has 16 heteroatoms. The van der Waals surface area contributed by atoms with Crippen LogP contribution in [0, 0.1) is 17.8 Å². The van der Waals surface area contributed by atoms with Crippen LogP contribution in [0.15, 0.2) is 85.1 Å². The highest BCUT2D eigenvalue weighted by molar-refractivity contribution is 5.70. The summed E-state index contributed by atoms with van der Waals surface area (Å²) in [5, 5.41) is 118. The molecule has 2 fully saturated rings. The molecule has 0 amide bonds. The van der Waals surface area contributed by atoms with Crippen LogP contribution in [0.5, 0.6) is 0 Å². The van der Waals surface area contributed by atoms with Crippen LogP contribution in [0.25, 0.3) is 0 Å². The number of carbonyl (C=O) groups is 1. The molecule has 0 aromatic rings. The Kier molecular flexibility index (Phi) is 23.2. The minimum Gasteiger partial charge on any atom is -0.462 e. The average Bonchev–Trinajstić information content (AvgIpc) is 3.21. The first-order valence-corrected chi connectivity index (χ1v) is 22.1. The maximum absolute atomic E-state index is 12.6. The van der Waals surface area contributed by atoms with E-state index in [0.717, 1.165) is 0 Å². The molecule has 0 spiro atoms. The Balaban J connectivity index is 1.81. The van der Waals surface area contributed by atoms with E-state index >= 15 is 0 Å². The van der Waals surface area contributed by atoms with Gasteiger partial charge in [-0.05, 0) is 33.1 Å². The molecule has 0 saturated carbocycles. The van der Waals surface area contributed by atoms with Gasteiger partial charge in [0.05, 0.1) is 67.5 Å². The number of hydrogen-bond acceptors (Lipinski definition) is 16. The summed E-state index contributed by atoms with van der Waals surface area (Å²) in [5.41, 5.74) is 0. The third-order valence-electron chi connectivity index (χ3n) is 12.0. The van der Waals surface area contributed by atoms with Gasteiger partial charge in [-0.1, -0.05) is 106 Å². The van der Waals surface area contributed by atoms with Crippen molar-refractivity contribution >= 4 is 5.97 Å². The molecule has 3 aliphatic heterocycles. The lowest BCUT2D eigenvalue weighted by Crippen LogP contribution is -2.58. The fourth-order valence-corrected chi connectivity index (χ4v) is 7.75. The first kappa shape index (κ1) is 54.4. The SMILES string of the molecule is C[C@@H]1[C@H](O)[C@@H](C)C=CC=CC=CC=CC=CC=CC=C[C@H](O[C@@H]2O[C@H](C)C(O)C(O)[C@@H]2O)C[C@@H]2O[C@](O)(C[C@@H](O)C[C@@H](O)[C@H](O)CC[C@@H](O)C[C@@H](O)CC(=O)O[C@H]1C)C[C@H](O)[C@H]2C. The summed E-state index contributed by atoms with van der Waals surface area (Å²) >= 11 is 0. The van der Waals surface area contributed by atoms with Crippen molar-refractivity contribution in [3.05, 3.63) is 85.1 Å². The predicted octanol–water partition coefficient (Wildman–Crippen LogP) is 1.68. The summed E-state index contributed by atoms with van der Waals surface area (Å²) in [6.07, 6.45) is 5.33. The van der Waals surface area contributed by atoms with E-state index in [0.29, 0.717) is 0 Å². The highest BCUT2D eigenvalue weighted by atomic mass is 16.7. The Morgan fingerprint density at radius 2 is 1.13 bits per heavy atom. The van der Waals surface area contributed by atoms with Gasteiger partial charge >= 0.3 is 5.97 Å². The van der Waals surface area contributed by atoms with E-state index in [9.17, 15) is 61.0 Å². The summed E-state index contributed by atoms with van der Waals surface area (Å²) in [6, 6.07) is 0. The summed E-state index contributed by atoms with van der Waals surface area (Å²) in [4.78, 5) is 12.6. The molecule has 358 valence electrons. The van der Waals surface area contributed by atoms with Crippen LogP contribution < -0.4 is 0 Å². The number of aliphatic hydroxyl groups is 11. The Morgan fingerprint density at radius 3 is 1.73 bits per heavy atom. The molecule has 0 aromatic carbocycles. The molecule has 3 aliphatic rings. The van der Waals surface area contributed by atoms with Crippen molar-refractivity contribution < 1.29 is 79.9 Å². The first-order valence-electron chi connectivity index (χ1n) is 22.1. The fourth-order valence-electron chi connectivity index (χ4n) is 7.75. The van der Waals surface area contributed by atoms with Gasteiger partial charge in [0.2, 0.25) is 0 Å². The molecule has 19 atom stereocenters. The molecular weight excluding hydrogens is 821 g/mol. The molecule has 3 rings (SSSR count). The summed E-state index contributed by atoms with van der Waals surface area (Å²) in [7, 11) is 0. The number of esters is 1. The van der Waals surface area contributed by atoms with Gasteiger partial charge in [-0.3, -0.25) is 4.79 Å². The van der Waals surface area contributed by atoms with E-state index in [1.54, 1.807) is 51.2 Å². The van der Waals surface area contributed by atoms with Gasteiger partial charge in [0.15, 0.2) is 12.1 Å². The van der Waals surface area contributed by atoms with E-state index < -0.39 is 135 Å². The smallest absolute Gasteiger partial charge is 0.308 e. The van der Waals surface area contributed by atoms with Gasteiger partial charge in [0.25, 0.3) is 0 Å². The molecule has 0 aliphatic carbocycles. The lowest BCUT2D eigenvalue weighted by atomic mass is 9.84. The Labute approximate surface area is 371 Å². The number of hydrogen-bond donors (Lipinski definition) is 11. The zero-order valence-corrected chi connectivity index (χ0v) is 37.1. The fraction of sp³-hybridized carbons (Fsp3) is 0.681. The van der Waals surface area contributed by atoms with Crippen molar-refractivity contribution in [1.29, 1.82) is 0 Å². The second-order valence-electron chi connectivity index (χ2n) is 17.5. The largest absolute Gasteiger partial charge is 0.462 e. The quantitative estimate of drug-likeness (QED) is 0.176. The van der Waals surface area contributed by atoms with Crippen molar-refractivity contribution in [3.8, 4) is 0 Å². The maximum atomic E-state index is 12.6. The van der Waals surface area contributed by atoms with Gasteiger partial charge in [0, 0.05) is 43.4 Å². The Morgan fingerprint density at radius 1 is 0.556 bits per heavy atom. The third-order valence-corrected chi connectivity index (χ3v) is 12.0. The minimum atomic E-state index is -2.07. The summed E-state index contributed by atoms with van der Waals surface area (Å²) in [6.45, 7) is 8.49. The zero-order valence-electron chi connectivity index (χ0n) is 37.1. The van der Waals surface area contributed by atoms with Gasteiger partial charge in [0.1, 0.15) is 24.4 Å². The molecule has 0 radical (unpaired) electrons. The van der Waals surface area contributed by atoms with Crippen LogP contribution in [0.3, 0.4) is 0 Å². The molecule has 16 nitrogen and oxygen atoms in total. The second-order valence-corrected chi connectivity index (χ2v) is 17.5. The third kappa shape index (κ3) is 18.5. The maximum Gasteiger partial charge on any atom is 0.308 e. The Bertz CT molecular complexity index is 1560. The van der Waals surface area contributed by atoms with Gasteiger partial charge < -0.3 is 75.1 Å². The molecule has 63 heavy (non-hydrogen) atoms. The molecule has 2 bridgehead atoms. The average molecular weight is 895 g/mol. The van der Waals surface area contributed by atoms with Crippen LogP contribution in [0.4, 0.5) is 0 Å². The van der Waals surface area contributed by atoms with Crippen LogP contribution in [0.1, 0.15) is 86.0 Å². The van der Waals surface area contributed by atoms with Gasteiger partial charge in [-0.2, -0.15) is 0 Å². The molecule has 3 heterocycles. The number of cyclic esters (lactones) is 1. The van der Waals surface area contributed by atoms with E-state index in [1.807, 2.05) is 61.6 Å². The number of allylic oxidation sites excluding steroid dienone is 12. The number of aliphatic hydroxyl groups excluding tert-OH is 10. The molecule has 0 aromatic heterocycles. The molecule has 2 unspecified atom stereocenters. The number of fused-ring (bicyclic) bond motifs is 2. The van der Waals surface area contributed by atoms with Crippen LogP contribution in [0.2, 0.25) is 0 Å². The van der Waals surface area contributed by atoms with E-state index in [4.69, 9.17) is 18.9 Å². The van der Waals surface area contributed by atoms with Crippen molar-refractivity contribution in [2.75, 3.05) is 0 Å². The highest BCUT2D eigenvalue weighted by Crippen LogP contribution is 2.38. The van der Waals surface area contributed by atoms with E-state index in [-0.39, 0.29) is 38.0 Å². The highest BCUT2D eigenvalue weighted by Gasteiger charge is 2.47. The predicted molar refractivity (Wildman–Crippen MR) is 233 cm³/mol. The Hall–Kier alpha value is -2.91. The van der Waals surface area contributed by atoms with Crippen LogP contribution >= 0.6 is 0 Å². The molecule has 2 saturated heterocycles.